The number of aliphatic carboxylic acids is 1. The van der Waals surface area contributed by atoms with E-state index in [0.717, 1.165) is 11.1 Å². The summed E-state index contributed by atoms with van der Waals surface area (Å²) in [6.45, 7) is 0. The molecule has 48 heavy (non-hydrogen) atoms. The Balaban J connectivity index is 0.00000103. The van der Waals surface area contributed by atoms with Crippen molar-refractivity contribution in [1.29, 1.82) is 0 Å². The van der Waals surface area contributed by atoms with Crippen LogP contribution in [0.5, 0.6) is 23.0 Å². The van der Waals surface area contributed by atoms with Crippen molar-refractivity contribution in [2.45, 2.75) is 44.3 Å². The number of nitrogens with two attached hydrogens (primary N) is 1. The fourth-order valence-corrected chi connectivity index (χ4v) is 4.43. The standard InChI is InChI=1S/C31H36ClN3O6.C2HF3O2/c1-38-26-14-10-20(17-28(26)40-3)6-5-7-25(36)24(16-21-8-12-23(32)13-9-21)34-31(33)35-30(37)19-22-11-15-27(39-2)29(18-22)41-4;3-2(4,5)1(6)7/h8-15,17-18,24H,5-7,16,19H2,1-4H3,(H3,33,34,35,37);(H,6,7)/t24-;/m1./s1. The number of hydrogen-bond donors (Lipinski definition) is 3. The van der Waals surface area contributed by atoms with Crippen molar-refractivity contribution >= 4 is 35.2 Å². The molecule has 15 heteroatoms. The summed E-state index contributed by atoms with van der Waals surface area (Å²) in [6, 6.07) is 17.3. The third kappa shape index (κ3) is 13.0. The minimum absolute atomic E-state index is 0.0394. The number of Topliss-reactive ketones (excluding diaryl/α,β-unsaturated/α-hetero) is 1. The number of carbonyl (C=O) groups is 3. The Morgan fingerprint density at radius 1 is 0.833 bits per heavy atom. The predicted octanol–water partition coefficient (Wildman–Crippen LogP) is 5.18. The summed E-state index contributed by atoms with van der Waals surface area (Å²) >= 11 is 6.03. The van der Waals surface area contributed by atoms with Crippen molar-refractivity contribution in [2.75, 3.05) is 28.4 Å². The molecular weight excluding hydrogens is 659 g/mol. The van der Waals surface area contributed by atoms with Crippen LogP contribution in [-0.2, 0) is 33.6 Å². The van der Waals surface area contributed by atoms with Gasteiger partial charge in [-0.15, -0.1) is 0 Å². The molecular formula is C33H37ClF3N3O8. The number of ketones is 1. The van der Waals surface area contributed by atoms with Crippen molar-refractivity contribution in [2.24, 2.45) is 10.7 Å². The second-order valence-electron chi connectivity index (χ2n) is 10.1. The van der Waals surface area contributed by atoms with Crippen molar-refractivity contribution in [3.8, 4) is 23.0 Å². The molecule has 0 aliphatic heterocycles. The molecule has 11 nitrogen and oxygen atoms in total. The monoisotopic (exact) mass is 695 g/mol. The zero-order chi connectivity index (χ0) is 35.9. The van der Waals surface area contributed by atoms with Gasteiger partial charge in [-0.1, -0.05) is 35.9 Å². The first-order chi connectivity index (χ1) is 22.7. The van der Waals surface area contributed by atoms with Gasteiger partial charge in [0.1, 0.15) is 6.04 Å². The molecule has 0 bridgehead atoms. The lowest BCUT2D eigenvalue weighted by Crippen LogP contribution is -2.39. The number of guanidine groups is 1. The Morgan fingerprint density at radius 2 is 1.31 bits per heavy atom. The number of aryl methyl sites for hydroxylation is 1. The van der Waals surface area contributed by atoms with Crippen LogP contribution in [0, 0.1) is 0 Å². The molecule has 0 heterocycles. The van der Waals surface area contributed by atoms with Gasteiger partial charge in [-0.25, -0.2) is 9.79 Å². The van der Waals surface area contributed by atoms with Crippen molar-refractivity contribution < 1.29 is 51.6 Å². The fourth-order valence-electron chi connectivity index (χ4n) is 4.31. The van der Waals surface area contributed by atoms with E-state index in [2.05, 4.69) is 10.3 Å². The topological polar surface area (TPSA) is 159 Å². The highest BCUT2D eigenvalue weighted by Crippen LogP contribution is 2.29. The number of halogens is 4. The third-order valence-electron chi connectivity index (χ3n) is 6.67. The smallest absolute Gasteiger partial charge is 0.490 e. The van der Waals surface area contributed by atoms with Crippen LogP contribution >= 0.6 is 11.6 Å². The molecule has 1 atom stereocenters. The average molecular weight is 696 g/mol. The van der Waals surface area contributed by atoms with Crippen LogP contribution in [0.1, 0.15) is 29.5 Å². The summed E-state index contributed by atoms with van der Waals surface area (Å²) in [6.07, 6.45) is -3.17. The fraction of sp³-hybridized carbons (Fsp3) is 0.333. The Kier molecular flexibility index (Phi) is 15.5. The number of benzene rings is 3. The van der Waals surface area contributed by atoms with Crippen molar-refractivity contribution in [3.05, 3.63) is 82.4 Å². The van der Waals surface area contributed by atoms with Crippen LogP contribution in [-0.4, -0.2) is 69.4 Å². The molecule has 0 aromatic heterocycles. The summed E-state index contributed by atoms with van der Waals surface area (Å²) in [5, 5.41) is 10.3. The highest BCUT2D eigenvalue weighted by atomic mass is 35.5. The number of carboxylic acids is 1. The van der Waals surface area contributed by atoms with Crippen LogP contribution in [0.2, 0.25) is 5.02 Å². The number of carbonyl (C=O) groups excluding carboxylic acids is 2. The van der Waals surface area contributed by atoms with Gasteiger partial charge in [0.15, 0.2) is 34.7 Å². The third-order valence-corrected chi connectivity index (χ3v) is 6.92. The molecule has 0 spiro atoms. The Hall–Kier alpha value is -4.98. The Morgan fingerprint density at radius 3 is 1.81 bits per heavy atom. The summed E-state index contributed by atoms with van der Waals surface area (Å²) in [5.74, 6) is -0.975. The maximum absolute atomic E-state index is 13.3. The number of amides is 1. The lowest BCUT2D eigenvalue weighted by atomic mass is 9.98. The van der Waals surface area contributed by atoms with E-state index in [1.807, 2.05) is 30.3 Å². The molecule has 0 aliphatic rings. The molecule has 3 aromatic rings. The number of carboxylic acid groups (broad SMARTS) is 1. The Bertz CT molecular complexity index is 1570. The van der Waals surface area contributed by atoms with Crippen molar-refractivity contribution in [3.63, 3.8) is 0 Å². The Labute approximate surface area is 280 Å². The molecule has 0 radical (unpaired) electrons. The van der Waals surface area contributed by atoms with Gasteiger partial charge in [0.2, 0.25) is 5.91 Å². The summed E-state index contributed by atoms with van der Waals surface area (Å²) < 4.78 is 52.9. The van der Waals surface area contributed by atoms with E-state index in [0.29, 0.717) is 52.8 Å². The lowest BCUT2D eigenvalue weighted by molar-refractivity contribution is -0.192. The van der Waals surface area contributed by atoms with Gasteiger partial charge in [-0.05, 0) is 65.9 Å². The van der Waals surface area contributed by atoms with Gasteiger partial charge in [0.25, 0.3) is 0 Å². The van der Waals surface area contributed by atoms with E-state index < -0.39 is 18.2 Å². The van der Waals surface area contributed by atoms with Crippen molar-refractivity contribution in [1.82, 2.24) is 5.32 Å². The number of nitrogens with one attached hydrogen (secondary N) is 1. The largest absolute Gasteiger partial charge is 0.493 e. The maximum atomic E-state index is 13.3. The van der Waals surface area contributed by atoms with E-state index in [-0.39, 0.29) is 30.5 Å². The molecule has 3 rings (SSSR count). The molecule has 260 valence electrons. The molecule has 0 unspecified atom stereocenters. The minimum Gasteiger partial charge on any atom is -0.493 e. The highest BCUT2D eigenvalue weighted by molar-refractivity contribution is 6.30. The molecule has 0 fully saturated rings. The normalized spacial score (nSPS) is 11.8. The highest BCUT2D eigenvalue weighted by Gasteiger charge is 2.38. The summed E-state index contributed by atoms with van der Waals surface area (Å²) in [4.78, 5) is 39.3. The summed E-state index contributed by atoms with van der Waals surface area (Å²) in [5.41, 5.74) is 8.70. The molecule has 3 aromatic carbocycles. The number of methoxy groups -OCH3 is 4. The van der Waals surface area contributed by atoms with E-state index in [9.17, 15) is 22.8 Å². The predicted molar refractivity (Wildman–Crippen MR) is 173 cm³/mol. The SMILES string of the molecule is COc1ccc(CCCC(=O)[C@@H](Cc2ccc(Cl)cc2)N=C(N)NC(=O)Cc2ccc(OC)c(OC)c2)cc1OC.O=C(O)C(F)(F)F. The quantitative estimate of drug-likeness (QED) is 0.153. The first-order valence-electron chi connectivity index (χ1n) is 14.3. The van der Waals surface area contributed by atoms with Gasteiger partial charge in [-0.3, -0.25) is 14.9 Å². The molecule has 4 N–H and O–H groups in total. The zero-order valence-electron chi connectivity index (χ0n) is 26.7. The van der Waals surface area contributed by atoms with Crippen LogP contribution in [0.4, 0.5) is 13.2 Å². The van der Waals surface area contributed by atoms with Crippen LogP contribution in [0.3, 0.4) is 0 Å². The minimum atomic E-state index is -5.08. The zero-order valence-corrected chi connectivity index (χ0v) is 27.5. The number of ether oxygens (including phenoxy) is 4. The van der Waals surface area contributed by atoms with E-state index in [1.54, 1.807) is 51.7 Å². The first-order valence-corrected chi connectivity index (χ1v) is 14.7. The van der Waals surface area contributed by atoms with Crippen LogP contribution in [0.15, 0.2) is 65.7 Å². The van der Waals surface area contributed by atoms with Gasteiger partial charge >= 0.3 is 12.1 Å². The molecule has 0 aliphatic carbocycles. The molecule has 1 amide bonds. The number of rotatable bonds is 14. The van der Waals surface area contributed by atoms with E-state index in [4.69, 9.17) is 46.2 Å². The molecule has 0 saturated heterocycles. The van der Waals surface area contributed by atoms with E-state index in [1.165, 1.54) is 7.11 Å². The molecule has 0 saturated carbocycles. The van der Waals surface area contributed by atoms with E-state index >= 15 is 0 Å². The van der Waals surface area contributed by atoms with Crippen LogP contribution < -0.4 is 30.0 Å². The number of alkyl halides is 3. The lowest BCUT2D eigenvalue weighted by Gasteiger charge is -2.14. The average Bonchev–Trinajstić information content (AvgIpc) is 3.04. The number of nitrogens with zero attached hydrogens (tertiary/aromatic N) is 1. The maximum Gasteiger partial charge on any atom is 0.490 e. The number of hydrogen-bond acceptors (Lipinski definition) is 8. The second kappa shape index (κ2) is 19.0. The van der Waals surface area contributed by atoms with Gasteiger partial charge < -0.3 is 29.8 Å². The number of aliphatic imine (C=N–C) groups is 1. The second-order valence-corrected chi connectivity index (χ2v) is 10.5. The van der Waals surface area contributed by atoms with Crippen LogP contribution in [0.25, 0.3) is 0 Å². The van der Waals surface area contributed by atoms with Gasteiger partial charge in [0, 0.05) is 17.9 Å². The summed E-state index contributed by atoms with van der Waals surface area (Å²) in [7, 11) is 6.24. The first kappa shape index (κ1) is 39.2. The van der Waals surface area contributed by atoms with Gasteiger partial charge in [0.05, 0.1) is 34.9 Å². The van der Waals surface area contributed by atoms with Gasteiger partial charge in [-0.2, -0.15) is 13.2 Å².